The van der Waals surface area contributed by atoms with Crippen LogP contribution in [0.15, 0.2) is 48.5 Å². The number of aliphatic hydroxyl groups is 5. The van der Waals surface area contributed by atoms with E-state index in [4.69, 9.17) is 9.47 Å². The van der Waals surface area contributed by atoms with Crippen molar-refractivity contribution in [1.29, 1.82) is 0 Å². The molecule has 1 saturated heterocycles. The summed E-state index contributed by atoms with van der Waals surface area (Å²) in [5.41, 5.74) is 1.57. The number of aliphatic hydroxyl groups excluding tert-OH is 5. The molecular weight excluding hydrogens is 448 g/mol. The number of carboxylic acid groups (broad SMARTS) is 1. The Morgan fingerprint density at radius 3 is 2.03 bits per heavy atom. The summed E-state index contributed by atoms with van der Waals surface area (Å²) in [6, 6.07) is 13.3. The normalized spacial score (nSPS) is 26.6. The number of carbonyl (C=O) groups is 1. The lowest BCUT2D eigenvalue weighted by molar-refractivity contribution is -0.271. The molecule has 7 N–H and O–H groups in total. The molecule has 10 nitrogen and oxygen atoms in total. The minimum atomic E-state index is -1.81. The molecule has 1 fully saturated rings. The van der Waals surface area contributed by atoms with E-state index in [1.54, 1.807) is 42.5 Å². The van der Waals surface area contributed by atoms with Crippen LogP contribution in [0.3, 0.4) is 0 Å². The van der Waals surface area contributed by atoms with Crippen molar-refractivity contribution in [3.63, 3.8) is 0 Å². The monoisotopic (exact) mass is 478 g/mol. The summed E-state index contributed by atoms with van der Waals surface area (Å²) >= 11 is 0. The van der Waals surface area contributed by atoms with Gasteiger partial charge in [0.15, 0.2) is 6.10 Å². The second-order valence-corrected chi connectivity index (χ2v) is 8.46. The van der Waals surface area contributed by atoms with Crippen LogP contribution in [-0.4, -0.2) is 85.6 Å². The third-order valence-corrected chi connectivity index (χ3v) is 6.01. The van der Waals surface area contributed by atoms with Gasteiger partial charge < -0.3 is 45.2 Å². The maximum absolute atomic E-state index is 11.3. The third-order valence-electron chi connectivity index (χ3n) is 6.01. The predicted octanol–water partition coefficient (Wildman–Crippen LogP) is -0.335. The zero-order valence-corrected chi connectivity index (χ0v) is 18.3. The minimum absolute atomic E-state index is 0.120. The average molecular weight is 478 g/mol. The molecule has 2 unspecified atom stereocenters. The Labute approximate surface area is 196 Å². The van der Waals surface area contributed by atoms with E-state index in [9.17, 15) is 40.5 Å². The first-order valence-corrected chi connectivity index (χ1v) is 10.9. The molecule has 0 aromatic heterocycles. The number of benzene rings is 2. The summed E-state index contributed by atoms with van der Waals surface area (Å²) < 4.78 is 10.7. The van der Waals surface area contributed by atoms with Crippen LogP contribution in [0.25, 0.3) is 0 Å². The van der Waals surface area contributed by atoms with Crippen LogP contribution in [0.2, 0.25) is 0 Å². The van der Waals surface area contributed by atoms with Gasteiger partial charge in [0.05, 0.1) is 0 Å². The largest absolute Gasteiger partial charge is 0.508 e. The van der Waals surface area contributed by atoms with Crippen LogP contribution in [0, 0.1) is 11.8 Å². The van der Waals surface area contributed by atoms with E-state index in [-0.39, 0.29) is 36.5 Å². The molecular formula is C24H30O10. The lowest BCUT2D eigenvalue weighted by atomic mass is 9.83. The lowest BCUT2D eigenvalue weighted by Crippen LogP contribution is -2.61. The van der Waals surface area contributed by atoms with E-state index in [0.717, 1.165) is 11.1 Å². The van der Waals surface area contributed by atoms with E-state index in [1.807, 2.05) is 6.07 Å². The molecule has 34 heavy (non-hydrogen) atoms. The van der Waals surface area contributed by atoms with Crippen LogP contribution in [0.4, 0.5) is 0 Å². The Kier molecular flexibility index (Phi) is 8.84. The zero-order chi connectivity index (χ0) is 24.8. The van der Waals surface area contributed by atoms with Crippen molar-refractivity contribution in [2.75, 3.05) is 13.2 Å². The van der Waals surface area contributed by atoms with Gasteiger partial charge in [0.2, 0.25) is 6.29 Å². The number of hydrogen-bond donors (Lipinski definition) is 7. The van der Waals surface area contributed by atoms with Crippen LogP contribution < -0.4 is 4.74 Å². The summed E-state index contributed by atoms with van der Waals surface area (Å²) in [6.07, 6.45) is -7.74. The number of phenols is 1. The van der Waals surface area contributed by atoms with Gasteiger partial charge in [-0.05, 0) is 60.1 Å². The molecule has 10 heteroatoms. The maximum Gasteiger partial charge on any atom is 0.335 e. The fourth-order valence-electron chi connectivity index (χ4n) is 4.08. The van der Waals surface area contributed by atoms with Crippen molar-refractivity contribution in [2.45, 2.75) is 43.5 Å². The van der Waals surface area contributed by atoms with Crippen molar-refractivity contribution < 1.29 is 50.0 Å². The molecule has 0 saturated carbocycles. The number of ether oxygens (including phenoxy) is 2. The van der Waals surface area contributed by atoms with Crippen molar-refractivity contribution in [2.24, 2.45) is 11.8 Å². The van der Waals surface area contributed by atoms with Crippen molar-refractivity contribution in [3.05, 3.63) is 59.7 Å². The molecule has 0 aliphatic carbocycles. The van der Waals surface area contributed by atoms with Gasteiger partial charge in [0.25, 0.3) is 0 Å². The van der Waals surface area contributed by atoms with Crippen LogP contribution in [-0.2, 0) is 22.4 Å². The highest BCUT2D eigenvalue weighted by Crippen LogP contribution is 2.27. The number of carboxylic acids is 1. The second-order valence-electron chi connectivity index (χ2n) is 8.46. The molecule has 186 valence electrons. The van der Waals surface area contributed by atoms with Gasteiger partial charge in [-0.25, -0.2) is 4.79 Å². The number of aliphatic carboxylic acids is 1. The molecule has 1 aliphatic heterocycles. The smallest absolute Gasteiger partial charge is 0.335 e. The summed E-state index contributed by atoms with van der Waals surface area (Å²) in [6.45, 7) is -0.361. The van der Waals surface area contributed by atoms with Crippen molar-refractivity contribution in [1.82, 2.24) is 0 Å². The molecule has 0 amide bonds. The molecule has 3 rings (SSSR count). The second kappa shape index (κ2) is 11.6. The topological polar surface area (TPSA) is 177 Å². The van der Waals surface area contributed by atoms with Crippen molar-refractivity contribution >= 4 is 5.97 Å². The van der Waals surface area contributed by atoms with E-state index in [2.05, 4.69) is 0 Å². The molecule has 0 bridgehead atoms. The fourth-order valence-corrected chi connectivity index (χ4v) is 4.08. The SMILES string of the molecule is O=C(O)[C@H]1O[C@@H](Oc2cccc(CC(CO)C(CO)Cc3cccc(O)c3)c2)[C@H](O)[C@@H](O)[C@@H]1O. The highest BCUT2D eigenvalue weighted by atomic mass is 16.7. The Morgan fingerprint density at radius 1 is 0.882 bits per heavy atom. The zero-order valence-electron chi connectivity index (χ0n) is 18.3. The molecule has 0 radical (unpaired) electrons. The van der Waals surface area contributed by atoms with Gasteiger partial charge >= 0.3 is 5.97 Å². The summed E-state index contributed by atoms with van der Waals surface area (Å²) in [7, 11) is 0. The predicted molar refractivity (Wildman–Crippen MR) is 118 cm³/mol. The van der Waals surface area contributed by atoms with E-state index in [1.165, 1.54) is 0 Å². The van der Waals surface area contributed by atoms with Gasteiger partial charge in [-0.3, -0.25) is 0 Å². The van der Waals surface area contributed by atoms with E-state index in [0.29, 0.717) is 12.8 Å². The number of rotatable bonds is 10. The maximum atomic E-state index is 11.3. The van der Waals surface area contributed by atoms with E-state index >= 15 is 0 Å². The van der Waals surface area contributed by atoms with Gasteiger partial charge in [-0.1, -0.05) is 24.3 Å². The Balaban J connectivity index is 1.70. The number of phenolic OH excluding ortho intramolecular Hbond substituents is 1. The Bertz CT molecular complexity index is 951. The average Bonchev–Trinajstić information content (AvgIpc) is 2.81. The van der Waals surface area contributed by atoms with Crippen LogP contribution in [0.1, 0.15) is 11.1 Å². The highest BCUT2D eigenvalue weighted by Gasteiger charge is 2.48. The Morgan fingerprint density at radius 2 is 1.47 bits per heavy atom. The fraction of sp³-hybridized carbons (Fsp3) is 0.458. The summed E-state index contributed by atoms with van der Waals surface area (Å²) in [5, 5.41) is 68.6. The highest BCUT2D eigenvalue weighted by molar-refractivity contribution is 5.73. The molecule has 1 aliphatic rings. The van der Waals surface area contributed by atoms with Gasteiger partial charge in [-0.15, -0.1) is 0 Å². The summed E-state index contributed by atoms with van der Waals surface area (Å²) in [5.74, 6) is -1.76. The third kappa shape index (κ3) is 6.23. The molecule has 2 aromatic rings. The van der Waals surface area contributed by atoms with Gasteiger partial charge in [0.1, 0.15) is 29.8 Å². The first kappa shape index (κ1) is 25.9. The first-order valence-electron chi connectivity index (χ1n) is 10.9. The summed E-state index contributed by atoms with van der Waals surface area (Å²) in [4.78, 5) is 11.3. The lowest BCUT2D eigenvalue weighted by Gasteiger charge is -2.38. The number of hydrogen-bond acceptors (Lipinski definition) is 9. The number of aromatic hydroxyl groups is 1. The van der Waals surface area contributed by atoms with Gasteiger partial charge in [-0.2, -0.15) is 0 Å². The van der Waals surface area contributed by atoms with Crippen molar-refractivity contribution in [3.8, 4) is 11.5 Å². The quantitative estimate of drug-likeness (QED) is 0.239. The van der Waals surface area contributed by atoms with Crippen LogP contribution in [0.5, 0.6) is 11.5 Å². The van der Waals surface area contributed by atoms with Crippen LogP contribution >= 0.6 is 0 Å². The Hall–Kier alpha value is -2.73. The molecule has 0 spiro atoms. The molecule has 2 aromatic carbocycles. The van der Waals surface area contributed by atoms with Gasteiger partial charge in [0, 0.05) is 13.2 Å². The molecule has 7 atom stereocenters. The first-order chi connectivity index (χ1) is 16.2. The molecule has 1 heterocycles. The minimum Gasteiger partial charge on any atom is -0.508 e. The standard InChI is InChI=1S/C24H30O10/c25-11-15(7-13-3-1-5-17(27)9-13)16(12-26)8-14-4-2-6-18(10-14)33-24-21(30)19(28)20(29)22(34-24)23(31)32/h1-6,9-10,15-16,19-22,24-30H,7-8,11-12H2,(H,31,32)/t15?,16?,19-,20-,21+,22-,24+/m0/s1. The van der Waals surface area contributed by atoms with E-state index < -0.39 is 36.7 Å².